The Labute approximate surface area is 254 Å². The van der Waals surface area contributed by atoms with Crippen LogP contribution in [-0.2, 0) is 29.0 Å². The molecule has 0 aliphatic heterocycles. The largest absolute Gasteiger partial charge is 0.464 e. The maximum atomic E-state index is 13.9. The Morgan fingerprint density at radius 3 is 2.35 bits per heavy atom. The van der Waals surface area contributed by atoms with Gasteiger partial charge in [0.2, 0.25) is 5.91 Å². The molecule has 3 aromatic carbocycles. The fourth-order valence-electron chi connectivity index (χ4n) is 5.13. The Morgan fingerprint density at radius 1 is 0.860 bits per heavy atom. The highest BCUT2D eigenvalue weighted by Crippen LogP contribution is 2.17. The van der Waals surface area contributed by atoms with E-state index < -0.39 is 0 Å². The molecule has 0 fully saturated rings. The van der Waals surface area contributed by atoms with Crippen molar-refractivity contribution < 1.29 is 18.7 Å². The number of carbonyl (C=O) groups excluding carboxylic acids is 2. The summed E-state index contributed by atoms with van der Waals surface area (Å²) in [6.07, 6.45) is 6.47. The molecule has 7 heteroatoms. The summed E-state index contributed by atoms with van der Waals surface area (Å²) in [4.78, 5) is 44.2. The first kappa shape index (κ1) is 31.7. The number of methoxy groups -OCH3 is 1. The van der Waals surface area contributed by atoms with Crippen molar-refractivity contribution in [2.24, 2.45) is 0 Å². The molecule has 1 heterocycles. The summed E-state index contributed by atoms with van der Waals surface area (Å²) in [5.41, 5.74) is 4.35. The molecule has 0 atom stereocenters. The molecule has 7 nitrogen and oxygen atoms in total. The summed E-state index contributed by atoms with van der Waals surface area (Å²) in [5, 5.41) is 0.485. The first-order chi connectivity index (χ1) is 20.9. The number of amides is 2. The van der Waals surface area contributed by atoms with Crippen LogP contribution in [0.2, 0.25) is 0 Å². The van der Waals surface area contributed by atoms with Crippen LogP contribution in [0.25, 0.3) is 11.0 Å². The zero-order valence-corrected chi connectivity index (χ0v) is 25.5. The highest BCUT2D eigenvalue weighted by molar-refractivity contribution is 5.96. The molecule has 0 bridgehead atoms. The van der Waals surface area contributed by atoms with Crippen molar-refractivity contribution in [3.63, 3.8) is 0 Å². The topological polar surface area (TPSA) is 80.1 Å². The third kappa shape index (κ3) is 8.88. The van der Waals surface area contributed by atoms with Gasteiger partial charge in [-0.15, -0.1) is 0 Å². The Hall–Kier alpha value is -4.23. The second-order valence-electron chi connectivity index (χ2n) is 11.1. The van der Waals surface area contributed by atoms with E-state index in [9.17, 15) is 14.4 Å². The average molecular weight is 583 g/mol. The summed E-state index contributed by atoms with van der Waals surface area (Å²) in [5.74, 6) is -0.459. The van der Waals surface area contributed by atoms with E-state index in [1.54, 1.807) is 29.0 Å². The normalized spacial score (nSPS) is 11.0. The standard InChI is InChI=1S/C36H42N2O5/c1-4-5-7-11-28-15-17-30(18-16-28)36(41)37(20-10-21-42-3)25-34(39)38(23-29-12-8-6-9-13-29)24-31-26-43-33-19-14-27(2)22-32(33)35(31)40/h6,8-9,12-19,22,26H,4-5,7,10-11,20-21,23-25H2,1-3H3. The third-order valence-electron chi connectivity index (χ3n) is 7.59. The lowest BCUT2D eigenvalue weighted by Gasteiger charge is -2.28. The van der Waals surface area contributed by atoms with Gasteiger partial charge in [0, 0.05) is 32.4 Å². The zero-order valence-electron chi connectivity index (χ0n) is 25.5. The molecule has 43 heavy (non-hydrogen) atoms. The van der Waals surface area contributed by atoms with Crippen LogP contribution >= 0.6 is 0 Å². The molecule has 1 aromatic heterocycles. The van der Waals surface area contributed by atoms with Crippen molar-refractivity contribution in [2.45, 2.75) is 59.0 Å². The number of rotatable bonds is 15. The van der Waals surface area contributed by atoms with Crippen molar-refractivity contribution in [1.82, 2.24) is 9.80 Å². The van der Waals surface area contributed by atoms with E-state index >= 15 is 0 Å². The zero-order chi connectivity index (χ0) is 30.6. The van der Waals surface area contributed by atoms with Gasteiger partial charge < -0.3 is 19.0 Å². The molecule has 0 aliphatic carbocycles. The van der Waals surface area contributed by atoms with Gasteiger partial charge in [-0.05, 0) is 61.6 Å². The Bertz CT molecular complexity index is 1550. The minimum Gasteiger partial charge on any atom is -0.464 e. The third-order valence-corrected chi connectivity index (χ3v) is 7.59. The minimum absolute atomic E-state index is 0.0620. The highest BCUT2D eigenvalue weighted by Gasteiger charge is 2.24. The van der Waals surface area contributed by atoms with Crippen LogP contribution in [0.15, 0.2) is 88.3 Å². The first-order valence-corrected chi connectivity index (χ1v) is 15.1. The summed E-state index contributed by atoms with van der Waals surface area (Å²) >= 11 is 0. The number of unbranched alkanes of at least 4 members (excludes halogenated alkanes) is 2. The number of nitrogens with zero attached hydrogens (tertiary/aromatic N) is 2. The lowest BCUT2D eigenvalue weighted by molar-refractivity contribution is -0.133. The van der Waals surface area contributed by atoms with E-state index in [1.807, 2.05) is 67.6 Å². The van der Waals surface area contributed by atoms with Gasteiger partial charge in [-0.25, -0.2) is 0 Å². The van der Waals surface area contributed by atoms with Crippen molar-refractivity contribution in [3.05, 3.63) is 117 Å². The number of carbonyl (C=O) groups is 2. The molecule has 2 amide bonds. The molecule has 0 unspecified atom stereocenters. The second-order valence-corrected chi connectivity index (χ2v) is 11.1. The lowest BCUT2D eigenvalue weighted by Crippen LogP contribution is -2.43. The van der Waals surface area contributed by atoms with E-state index in [-0.39, 0.29) is 36.9 Å². The van der Waals surface area contributed by atoms with Crippen molar-refractivity contribution in [3.8, 4) is 0 Å². The second kappa shape index (κ2) is 15.8. The quantitative estimate of drug-likeness (QED) is 0.149. The summed E-state index contributed by atoms with van der Waals surface area (Å²) < 4.78 is 11.0. The van der Waals surface area contributed by atoms with Gasteiger partial charge in [-0.1, -0.05) is 73.9 Å². The monoisotopic (exact) mass is 582 g/mol. The molecule has 0 spiro atoms. The molecule has 0 saturated heterocycles. The molecule has 0 N–H and O–H groups in total. The van der Waals surface area contributed by atoms with Crippen LogP contribution in [0.3, 0.4) is 0 Å². The van der Waals surface area contributed by atoms with E-state index in [1.165, 1.54) is 18.2 Å². The number of hydrogen-bond donors (Lipinski definition) is 0. The predicted octanol–water partition coefficient (Wildman–Crippen LogP) is 6.54. The molecule has 0 radical (unpaired) electrons. The highest BCUT2D eigenvalue weighted by atomic mass is 16.5. The summed E-state index contributed by atoms with van der Waals surface area (Å²) in [7, 11) is 1.62. The minimum atomic E-state index is -0.255. The van der Waals surface area contributed by atoms with Gasteiger partial charge in [0.15, 0.2) is 5.43 Å². The molecular weight excluding hydrogens is 540 g/mol. The molecular formula is C36H42N2O5. The number of aryl methyl sites for hydroxylation is 2. The van der Waals surface area contributed by atoms with E-state index in [2.05, 4.69) is 6.92 Å². The van der Waals surface area contributed by atoms with Gasteiger partial charge in [0.05, 0.1) is 23.8 Å². The van der Waals surface area contributed by atoms with E-state index in [0.717, 1.165) is 30.4 Å². The summed E-state index contributed by atoms with van der Waals surface area (Å²) in [6.45, 7) is 5.17. The lowest BCUT2D eigenvalue weighted by atomic mass is 10.0. The fourth-order valence-corrected chi connectivity index (χ4v) is 5.13. The van der Waals surface area contributed by atoms with E-state index in [0.29, 0.717) is 41.7 Å². The van der Waals surface area contributed by atoms with Gasteiger partial charge in [0.1, 0.15) is 12.1 Å². The number of ether oxygens (including phenoxy) is 1. The van der Waals surface area contributed by atoms with Gasteiger partial charge in [-0.2, -0.15) is 0 Å². The van der Waals surface area contributed by atoms with Crippen LogP contribution in [0, 0.1) is 6.92 Å². The van der Waals surface area contributed by atoms with Gasteiger partial charge >= 0.3 is 0 Å². The maximum absolute atomic E-state index is 13.9. The summed E-state index contributed by atoms with van der Waals surface area (Å²) in [6, 6.07) is 22.8. The maximum Gasteiger partial charge on any atom is 0.254 e. The van der Waals surface area contributed by atoms with Crippen LogP contribution in [-0.4, -0.2) is 48.4 Å². The molecule has 0 saturated carbocycles. The van der Waals surface area contributed by atoms with Crippen LogP contribution in [0.4, 0.5) is 0 Å². The van der Waals surface area contributed by atoms with Crippen molar-refractivity contribution in [1.29, 1.82) is 0 Å². The number of fused-ring (bicyclic) bond motifs is 1. The predicted molar refractivity (Wildman–Crippen MR) is 170 cm³/mol. The van der Waals surface area contributed by atoms with Crippen LogP contribution in [0.1, 0.15) is 65.2 Å². The molecule has 226 valence electrons. The SMILES string of the molecule is CCCCCc1ccc(C(=O)N(CCCOC)CC(=O)N(Cc2ccccc2)Cc2coc3ccc(C)cc3c2=O)cc1. The van der Waals surface area contributed by atoms with Crippen LogP contribution < -0.4 is 5.43 Å². The molecule has 4 rings (SSSR count). The Balaban J connectivity index is 1.58. The first-order valence-electron chi connectivity index (χ1n) is 15.1. The molecule has 0 aliphatic rings. The van der Waals surface area contributed by atoms with E-state index in [4.69, 9.17) is 9.15 Å². The van der Waals surface area contributed by atoms with Crippen LogP contribution in [0.5, 0.6) is 0 Å². The Morgan fingerprint density at radius 2 is 1.63 bits per heavy atom. The fraction of sp³-hybridized carbons (Fsp3) is 0.361. The average Bonchev–Trinajstić information content (AvgIpc) is 3.02. The number of hydrogen-bond acceptors (Lipinski definition) is 5. The van der Waals surface area contributed by atoms with Crippen molar-refractivity contribution >= 4 is 22.8 Å². The number of benzene rings is 3. The van der Waals surface area contributed by atoms with Crippen molar-refractivity contribution in [2.75, 3.05) is 26.8 Å². The Kier molecular flexibility index (Phi) is 11.7. The van der Waals surface area contributed by atoms with Gasteiger partial charge in [0.25, 0.3) is 5.91 Å². The smallest absolute Gasteiger partial charge is 0.254 e. The molecule has 4 aromatic rings. The van der Waals surface area contributed by atoms with Gasteiger partial charge in [-0.3, -0.25) is 14.4 Å².